The highest BCUT2D eigenvalue weighted by molar-refractivity contribution is 5.93. The van der Waals surface area contributed by atoms with E-state index in [2.05, 4.69) is 4.90 Å². The number of β-amino-alcohol motifs (C(OH)–C–C–N with tert-alkyl or cyclic N) is 1. The predicted octanol–water partition coefficient (Wildman–Crippen LogP) is 1.47. The third kappa shape index (κ3) is 3.19. The van der Waals surface area contributed by atoms with Gasteiger partial charge in [0.15, 0.2) is 11.2 Å². The average Bonchev–Trinajstić information content (AvgIpc) is 3.24. The van der Waals surface area contributed by atoms with Gasteiger partial charge < -0.3 is 19.3 Å². The van der Waals surface area contributed by atoms with Crippen LogP contribution in [0, 0.1) is 0 Å². The largest absolute Gasteiger partial charge is 0.451 e. The molecule has 0 radical (unpaired) electrons. The maximum absolute atomic E-state index is 12.7. The lowest BCUT2D eigenvalue weighted by Crippen LogP contribution is -2.45. The molecule has 25 heavy (non-hydrogen) atoms. The van der Waals surface area contributed by atoms with Gasteiger partial charge in [0.1, 0.15) is 5.58 Å². The molecule has 132 valence electrons. The lowest BCUT2D eigenvalue weighted by molar-refractivity contribution is 0.0171. The Hall–Kier alpha value is -2.18. The van der Waals surface area contributed by atoms with Gasteiger partial charge in [0.2, 0.25) is 0 Å². The third-order valence-electron chi connectivity index (χ3n) is 5.18. The molecule has 4 rings (SSSR count). The summed E-state index contributed by atoms with van der Waals surface area (Å²) in [4.78, 5) is 28.8. The number of likely N-dealkylation sites (tertiary alicyclic amines) is 2. The van der Waals surface area contributed by atoms with E-state index in [4.69, 9.17) is 4.42 Å². The Morgan fingerprint density at radius 1 is 1.20 bits per heavy atom. The zero-order valence-electron chi connectivity index (χ0n) is 14.1. The number of carbonyl (C=O) groups excluding carboxylic acids is 1. The number of fused-ring (bicyclic) bond motifs is 1. The van der Waals surface area contributed by atoms with Gasteiger partial charge in [-0.05, 0) is 44.5 Å². The minimum atomic E-state index is -0.878. The lowest BCUT2D eigenvalue weighted by atomic mass is 10.0. The Morgan fingerprint density at radius 3 is 2.76 bits per heavy atom. The second-order valence-corrected chi connectivity index (χ2v) is 7.16. The number of nitrogens with zero attached hydrogens (tertiary/aromatic N) is 2. The minimum absolute atomic E-state index is 0.0362. The van der Waals surface area contributed by atoms with E-state index in [1.165, 1.54) is 18.9 Å². The van der Waals surface area contributed by atoms with Gasteiger partial charge in [0.05, 0.1) is 17.5 Å². The molecule has 2 aliphatic heterocycles. The second-order valence-electron chi connectivity index (χ2n) is 7.16. The van der Waals surface area contributed by atoms with Crippen LogP contribution in [0.1, 0.15) is 29.8 Å². The highest BCUT2D eigenvalue weighted by Gasteiger charge is 2.40. The van der Waals surface area contributed by atoms with Crippen LogP contribution in [0.3, 0.4) is 0 Å². The van der Waals surface area contributed by atoms with E-state index in [-0.39, 0.29) is 23.6 Å². The van der Waals surface area contributed by atoms with Crippen LogP contribution in [-0.2, 0) is 0 Å². The fourth-order valence-electron chi connectivity index (χ4n) is 3.88. The van der Waals surface area contributed by atoms with Crippen LogP contribution in [0.2, 0.25) is 0 Å². The summed E-state index contributed by atoms with van der Waals surface area (Å²) in [5.41, 5.74) is -0.696. The summed E-state index contributed by atoms with van der Waals surface area (Å²) >= 11 is 0. The first-order valence-electron chi connectivity index (χ1n) is 8.81. The van der Waals surface area contributed by atoms with Crippen LogP contribution in [0.15, 0.2) is 39.5 Å². The van der Waals surface area contributed by atoms with Crippen LogP contribution >= 0.6 is 0 Å². The molecule has 1 atom stereocenters. The first-order valence-corrected chi connectivity index (χ1v) is 8.81. The van der Waals surface area contributed by atoms with Crippen LogP contribution in [0.4, 0.5) is 0 Å². The zero-order valence-corrected chi connectivity index (χ0v) is 14.1. The summed E-state index contributed by atoms with van der Waals surface area (Å²) in [5, 5.41) is 11.3. The van der Waals surface area contributed by atoms with Crippen LogP contribution < -0.4 is 5.43 Å². The fraction of sp³-hybridized carbons (Fsp3) is 0.474. The van der Waals surface area contributed by atoms with Crippen molar-refractivity contribution in [1.82, 2.24) is 9.80 Å². The van der Waals surface area contributed by atoms with E-state index >= 15 is 0 Å². The van der Waals surface area contributed by atoms with Crippen molar-refractivity contribution in [3.8, 4) is 0 Å². The van der Waals surface area contributed by atoms with Crippen molar-refractivity contribution in [2.45, 2.75) is 24.9 Å². The van der Waals surface area contributed by atoms with Crippen molar-refractivity contribution in [2.75, 3.05) is 32.7 Å². The number of amides is 1. The maximum atomic E-state index is 12.7. The quantitative estimate of drug-likeness (QED) is 0.914. The molecule has 1 amide bonds. The topological polar surface area (TPSA) is 74.0 Å². The fourth-order valence-corrected chi connectivity index (χ4v) is 3.88. The van der Waals surface area contributed by atoms with Crippen molar-refractivity contribution in [1.29, 1.82) is 0 Å². The average molecular weight is 342 g/mol. The normalized spacial score (nSPS) is 24.3. The Balaban J connectivity index is 1.52. The van der Waals surface area contributed by atoms with E-state index in [0.29, 0.717) is 30.5 Å². The molecule has 0 bridgehead atoms. The Morgan fingerprint density at radius 2 is 1.96 bits per heavy atom. The van der Waals surface area contributed by atoms with Crippen molar-refractivity contribution in [3.63, 3.8) is 0 Å². The molecule has 6 nitrogen and oxygen atoms in total. The molecule has 0 aliphatic carbocycles. The van der Waals surface area contributed by atoms with Crippen LogP contribution in [0.5, 0.6) is 0 Å². The smallest absolute Gasteiger partial charge is 0.289 e. The number of rotatable bonds is 3. The molecular formula is C19H22N2O4. The summed E-state index contributed by atoms with van der Waals surface area (Å²) in [6, 6.07) is 8.15. The summed E-state index contributed by atoms with van der Waals surface area (Å²) in [7, 11) is 0. The third-order valence-corrected chi connectivity index (χ3v) is 5.18. The van der Waals surface area contributed by atoms with Crippen LogP contribution in [-0.4, -0.2) is 59.1 Å². The predicted molar refractivity (Wildman–Crippen MR) is 93.6 cm³/mol. The molecule has 2 aromatic rings. The molecule has 1 aromatic heterocycles. The van der Waals surface area contributed by atoms with E-state index in [1.54, 1.807) is 29.2 Å². The molecule has 2 fully saturated rings. The molecule has 6 heteroatoms. The van der Waals surface area contributed by atoms with Crippen molar-refractivity contribution >= 4 is 16.9 Å². The number of aliphatic hydroxyl groups is 1. The molecule has 0 spiro atoms. The van der Waals surface area contributed by atoms with E-state index in [9.17, 15) is 14.7 Å². The van der Waals surface area contributed by atoms with E-state index < -0.39 is 5.60 Å². The summed E-state index contributed by atoms with van der Waals surface area (Å²) in [5.74, 6) is -0.297. The molecule has 3 heterocycles. The number of benzene rings is 1. The molecular weight excluding hydrogens is 320 g/mol. The SMILES string of the molecule is O=C(c1cc(=O)c2ccccc2o1)N1CC[C@](O)(CN2CCCC2)C1. The minimum Gasteiger partial charge on any atom is -0.451 e. The number of carbonyl (C=O) groups is 1. The summed E-state index contributed by atoms with van der Waals surface area (Å²) in [6.45, 7) is 3.36. The van der Waals surface area contributed by atoms with Gasteiger partial charge in [-0.15, -0.1) is 0 Å². The Bertz CT molecular complexity index is 856. The van der Waals surface area contributed by atoms with Gasteiger partial charge in [-0.2, -0.15) is 0 Å². The lowest BCUT2D eigenvalue weighted by Gasteiger charge is -2.28. The highest BCUT2D eigenvalue weighted by Crippen LogP contribution is 2.26. The van der Waals surface area contributed by atoms with Gasteiger partial charge in [-0.1, -0.05) is 12.1 Å². The summed E-state index contributed by atoms with van der Waals surface area (Å²) < 4.78 is 5.64. The molecule has 1 aromatic carbocycles. The Kier molecular flexibility index (Phi) is 4.09. The molecule has 0 saturated carbocycles. The van der Waals surface area contributed by atoms with Crippen LogP contribution in [0.25, 0.3) is 11.0 Å². The van der Waals surface area contributed by atoms with Gasteiger partial charge in [0, 0.05) is 19.2 Å². The number of hydrogen-bond donors (Lipinski definition) is 1. The maximum Gasteiger partial charge on any atom is 0.289 e. The Labute approximate surface area is 145 Å². The monoisotopic (exact) mass is 342 g/mol. The molecule has 2 aliphatic rings. The van der Waals surface area contributed by atoms with Gasteiger partial charge in [0.25, 0.3) is 5.91 Å². The summed E-state index contributed by atoms with van der Waals surface area (Å²) in [6.07, 6.45) is 2.88. The van der Waals surface area contributed by atoms with Crippen molar-refractivity contribution in [2.24, 2.45) is 0 Å². The van der Waals surface area contributed by atoms with E-state index in [1.807, 2.05) is 0 Å². The van der Waals surface area contributed by atoms with Gasteiger partial charge in [-0.3, -0.25) is 9.59 Å². The standard InChI is InChI=1S/C19H22N2O4/c22-15-11-17(25-16-6-2-1-5-14(15)16)18(23)21-10-7-19(24,13-21)12-20-8-3-4-9-20/h1-2,5-6,11,24H,3-4,7-10,12-13H2/t19-/m0/s1. The zero-order chi connectivity index (χ0) is 17.4. The van der Waals surface area contributed by atoms with Gasteiger partial charge in [-0.25, -0.2) is 0 Å². The van der Waals surface area contributed by atoms with E-state index in [0.717, 1.165) is 13.1 Å². The number of hydrogen-bond acceptors (Lipinski definition) is 5. The molecule has 2 saturated heterocycles. The van der Waals surface area contributed by atoms with Gasteiger partial charge >= 0.3 is 0 Å². The van der Waals surface area contributed by atoms with Crippen molar-refractivity contribution in [3.05, 3.63) is 46.3 Å². The first kappa shape index (κ1) is 16.3. The number of para-hydroxylation sites is 1. The molecule has 0 unspecified atom stereocenters. The van der Waals surface area contributed by atoms with Crippen molar-refractivity contribution < 1.29 is 14.3 Å². The highest BCUT2D eigenvalue weighted by atomic mass is 16.3. The first-order chi connectivity index (χ1) is 12.0. The second kappa shape index (κ2) is 6.28. The molecule has 1 N–H and O–H groups in total.